The van der Waals surface area contributed by atoms with Gasteiger partial charge in [-0.2, -0.15) is 0 Å². The molecule has 1 saturated heterocycles. The number of methoxy groups -OCH3 is 3. The number of aromatic nitrogens is 1. The van der Waals surface area contributed by atoms with Crippen molar-refractivity contribution in [2.24, 2.45) is 0 Å². The van der Waals surface area contributed by atoms with Crippen LogP contribution >= 0.6 is 0 Å². The molecule has 1 aromatic heterocycles. The van der Waals surface area contributed by atoms with Crippen molar-refractivity contribution in [3.8, 4) is 17.2 Å². The fourth-order valence-electron chi connectivity index (χ4n) is 3.49. The molecule has 1 N–H and O–H groups in total. The van der Waals surface area contributed by atoms with E-state index in [1.165, 1.54) is 21.3 Å². The topological polar surface area (TPSA) is 72.9 Å². The number of nitrogens with zero attached hydrogens (tertiary/aromatic N) is 2. The zero-order valence-electron chi connectivity index (χ0n) is 16.1. The fraction of sp³-hybridized carbons (Fsp3) is 0.400. The number of ether oxygens (including phenoxy) is 3. The van der Waals surface area contributed by atoms with Crippen LogP contribution in [0.25, 0.3) is 0 Å². The molecule has 1 aliphatic rings. The molecule has 1 fully saturated rings. The van der Waals surface area contributed by atoms with E-state index in [1.807, 2.05) is 12.1 Å². The first-order valence-corrected chi connectivity index (χ1v) is 8.85. The second-order valence-corrected chi connectivity index (χ2v) is 6.45. The summed E-state index contributed by atoms with van der Waals surface area (Å²) >= 11 is 0. The summed E-state index contributed by atoms with van der Waals surface area (Å²) in [5.74, 6) is 1.60. The highest BCUT2D eigenvalue weighted by Crippen LogP contribution is 2.39. The van der Waals surface area contributed by atoms with Crippen molar-refractivity contribution in [2.45, 2.75) is 18.9 Å². The standard InChI is InChI=1S/C20H25N3O4/c1-23-10-6-8-15(23)14-7-5-9-21-19(14)22-20(24)13-11-16(25-2)18(27-4)17(12-13)26-3/h5,7,9,11-12,15H,6,8,10H2,1-4H3,(H,21,22,24). The van der Waals surface area contributed by atoms with Gasteiger partial charge in [-0.3, -0.25) is 9.69 Å². The second kappa shape index (κ2) is 8.26. The van der Waals surface area contributed by atoms with Gasteiger partial charge in [0.2, 0.25) is 5.75 Å². The molecule has 0 bridgehead atoms. The first-order valence-electron chi connectivity index (χ1n) is 8.85. The van der Waals surface area contributed by atoms with Crippen molar-refractivity contribution in [1.82, 2.24) is 9.88 Å². The van der Waals surface area contributed by atoms with Gasteiger partial charge in [0.05, 0.1) is 21.3 Å². The third-order valence-corrected chi connectivity index (χ3v) is 4.88. The molecule has 2 aromatic rings. The van der Waals surface area contributed by atoms with Crippen molar-refractivity contribution in [3.63, 3.8) is 0 Å². The van der Waals surface area contributed by atoms with Crippen LogP contribution in [-0.2, 0) is 0 Å². The lowest BCUT2D eigenvalue weighted by molar-refractivity contribution is 0.102. The average Bonchev–Trinajstić information content (AvgIpc) is 3.12. The molecule has 1 aromatic carbocycles. The minimum atomic E-state index is -0.283. The van der Waals surface area contributed by atoms with E-state index < -0.39 is 0 Å². The van der Waals surface area contributed by atoms with E-state index in [2.05, 4.69) is 22.2 Å². The Labute approximate surface area is 159 Å². The van der Waals surface area contributed by atoms with Crippen LogP contribution in [0.1, 0.15) is 34.8 Å². The van der Waals surface area contributed by atoms with Gasteiger partial charge in [-0.05, 0) is 44.6 Å². The van der Waals surface area contributed by atoms with Gasteiger partial charge in [-0.1, -0.05) is 6.07 Å². The summed E-state index contributed by atoms with van der Waals surface area (Å²) in [7, 11) is 6.66. The molecule has 1 unspecified atom stereocenters. The number of anilines is 1. The Balaban J connectivity index is 1.90. The first kappa shape index (κ1) is 19.0. The largest absolute Gasteiger partial charge is 0.493 e. The molecular weight excluding hydrogens is 346 g/mol. The van der Waals surface area contributed by atoms with Crippen molar-refractivity contribution in [1.29, 1.82) is 0 Å². The van der Waals surface area contributed by atoms with Gasteiger partial charge in [0, 0.05) is 23.4 Å². The first-order chi connectivity index (χ1) is 13.1. The molecule has 27 heavy (non-hydrogen) atoms. The smallest absolute Gasteiger partial charge is 0.257 e. The number of amides is 1. The molecule has 7 nitrogen and oxygen atoms in total. The zero-order valence-corrected chi connectivity index (χ0v) is 16.1. The summed E-state index contributed by atoms with van der Waals surface area (Å²) in [5, 5.41) is 2.94. The van der Waals surface area contributed by atoms with Gasteiger partial charge in [0.25, 0.3) is 5.91 Å². The number of nitrogens with one attached hydrogen (secondary N) is 1. The summed E-state index contributed by atoms with van der Waals surface area (Å²) in [6, 6.07) is 7.43. The van der Waals surface area contributed by atoms with Gasteiger partial charge in [0.15, 0.2) is 11.5 Å². The van der Waals surface area contributed by atoms with E-state index in [1.54, 1.807) is 18.3 Å². The van der Waals surface area contributed by atoms with Crippen LogP contribution in [0.2, 0.25) is 0 Å². The Morgan fingerprint density at radius 3 is 2.44 bits per heavy atom. The third kappa shape index (κ3) is 3.83. The lowest BCUT2D eigenvalue weighted by Gasteiger charge is -2.22. The summed E-state index contributed by atoms with van der Waals surface area (Å²) in [6.45, 7) is 1.04. The molecule has 1 aliphatic heterocycles. The molecule has 1 atom stereocenters. The van der Waals surface area contributed by atoms with Crippen LogP contribution in [0.15, 0.2) is 30.5 Å². The lowest BCUT2D eigenvalue weighted by atomic mass is 10.1. The summed E-state index contributed by atoms with van der Waals surface area (Å²) in [4.78, 5) is 19.6. The van der Waals surface area contributed by atoms with Gasteiger partial charge < -0.3 is 19.5 Å². The normalized spacial score (nSPS) is 16.8. The van der Waals surface area contributed by atoms with E-state index in [0.717, 1.165) is 24.9 Å². The summed E-state index contributed by atoms with van der Waals surface area (Å²) in [5.41, 5.74) is 1.43. The number of likely N-dealkylation sites (tertiary alicyclic amines) is 1. The molecule has 7 heteroatoms. The average molecular weight is 371 g/mol. The Morgan fingerprint density at radius 2 is 1.89 bits per heavy atom. The summed E-state index contributed by atoms with van der Waals surface area (Å²) < 4.78 is 16.0. The molecule has 2 heterocycles. The number of carbonyl (C=O) groups is 1. The number of benzene rings is 1. The molecule has 0 aliphatic carbocycles. The van der Waals surface area contributed by atoms with Crippen LogP contribution in [-0.4, -0.2) is 50.7 Å². The van der Waals surface area contributed by atoms with E-state index >= 15 is 0 Å². The highest BCUT2D eigenvalue weighted by Gasteiger charge is 2.26. The number of carbonyl (C=O) groups excluding carboxylic acids is 1. The van der Waals surface area contributed by atoms with E-state index in [4.69, 9.17) is 14.2 Å². The Hall–Kier alpha value is -2.80. The maximum absolute atomic E-state index is 12.9. The molecule has 0 saturated carbocycles. The lowest BCUT2D eigenvalue weighted by Crippen LogP contribution is -2.21. The van der Waals surface area contributed by atoms with Crippen LogP contribution in [0.3, 0.4) is 0 Å². The van der Waals surface area contributed by atoms with Crippen molar-refractivity contribution >= 4 is 11.7 Å². The molecule has 1 amide bonds. The maximum atomic E-state index is 12.9. The maximum Gasteiger partial charge on any atom is 0.257 e. The Bertz CT molecular complexity index is 800. The van der Waals surface area contributed by atoms with Crippen molar-refractivity contribution in [3.05, 3.63) is 41.6 Å². The predicted octanol–water partition coefficient (Wildman–Crippen LogP) is 3.13. The number of hydrogen-bond acceptors (Lipinski definition) is 6. The highest BCUT2D eigenvalue weighted by atomic mass is 16.5. The highest BCUT2D eigenvalue weighted by molar-refractivity contribution is 6.05. The van der Waals surface area contributed by atoms with Crippen LogP contribution in [0, 0.1) is 0 Å². The minimum absolute atomic E-state index is 0.258. The quantitative estimate of drug-likeness (QED) is 0.841. The molecule has 3 rings (SSSR count). The van der Waals surface area contributed by atoms with E-state index in [9.17, 15) is 4.79 Å². The van der Waals surface area contributed by atoms with Crippen LogP contribution in [0.5, 0.6) is 17.2 Å². The fourth-order valence-corrected chi connectivity index (χ4v) is 3.49. The third-order valence-electron chi connectivity index (χ3n) is 4.88. The Kier molecular flexibility index (Phi) is 5.81. The molecule has 0 radical (unpaired) electrons. The molecule has 144 valence electrons. The van der Waals surface area contributed by atoms with E-state index in [0.29, 0.717) is 28.6 Å². The number of pyridine rings is 1. The van der Waals surface area contributed by atoms with Gasteiger partial charge >= 0.3 is 0 Å². The number of rotatable bonds is 6. The van der Waals surface area contributed by atoms with E-state index in [-0.39, 0.29) is 11.9 Å². The second-order valence-electron chi connectivity index (χ2n) is 6.45. The molecule has 0 spiro atoms. The number of hydrogen-bond donors (Lipinski definition) is 1. The SMILES string of the molecule is COc1cc(C(=O)Nc2ncccc2C2CCCN2C)cc(OC)c1OC. The van der Waals surface area contributed by atoms with Gasteiger partial charge in [-0.25, -0.2) is 4.98 Å². The van der Waals surface area contributed by atoms with Crippen molar-refractivity contribution < 1.29 is 19.0 Å². The van der Waals surface area contributed by atoms with Crippen LogP contribution in [0.4, 0.5) is 5.82 Å². The Morgan fingerprint density at radius 1 is 1.19 bits per heavy atom. The zero-order chi connectivity index (χ0) is 19.4. The monoisotopic (exact) mass is 371 g/mol. The van der Waals surface area contributed by atoms with Crippen molar-refractivity contribution in [2.75, 3.05) is 40.2 Å². The van der Waals surface area contributed by atoms with Gasteiger partial charge in [-0.15, -0.1) is 0 Å². The predicted molar refractivity (Wildman–Crippen MR) is 103 cm³/mol. The minimum Gasteiger partial charge on any atom is -0.493 e. The van der Waals surface area contributed by atoms with Gasteiger partial charge in [0.1, 0.15) is 5.82 Å². The van der Waals surface area contributed by atoms with Crippen LogP contribution < -0.4 is 19.5 Å². The summed E-state index contributed by atoms with van der Waals surface area (Å²) in [6.07, 6.45) is 3.87. The molecular formula is C20H25N3O4.